The molecule has 0 radical (unpaired) electrons. The first-order valence-electron chi connectivity index (χ1n) is 4.61. The maximum atomic E-state index is 11.0. The van der Waals surface area contributed by atoms with Crippen molar-refractivity contribution in [3.8, 4) is 11.8 Å². The monoisotopic (exact) mass is 218 g/mol. The highest BCUT2D eigenvalue weighted by Gasteiger charge is 1.97. The van der Waals surface area contributed by atoms with Crippen molar-refractivity contribution in [3.63, 3.8) is 0 Å². The van der Waals surface area contributed by atoms with E-state index >= 15 is 0 Å². The van der Waals surface area contributed by atoms with Gasteiger partial charge < -0.3 is 9.97 Å². The largest absolute Gasteiger partial charge is 0.323 e. The molecule has 0 fully saturated rings. The van der Waals surface area contributed by atoms with E-state index in [0.29, 0.717) is 0 Å². The minimum Gasteiger partial charge on any atom is -0.306 e. The number of rotatable bonds is 1. The molecule has 0 spiro atoms. The highest BCUT2D eigenvalue weighted by Crippen LogP contribution is 2.08. The zero-order valence-electron chi connectivity index (χ0n) is 8.00. The zero-order chi connectivity index (χ0) is 10.7. The van der Waals surface area contributed by atoms with Gasteiger partial charge >= 0.3 is 5.69 Å². The fraction of sp³-hybridized carbons (Fsp3) is 0.182. The Balaban J connectivity index is 2.39. The van der Waals surface area contributed by atoms with Crippen LogP contribution in [0.4, 0.5) is 0 Å². The third-order valence-corrected chi connectivity index (χ3v) is 2.21. The lowest BCUT2D eigenvalue weighted by Gasteiger charge is -1.90. The quantitative estimate of drug-likeness (QED) is 0.493. The molecule has 0 aliphatic rings. The molecule has 2 aromatic rings. The molecule has 0 bridgehead atoms. The molecule has 76 valence electrons. The van der Waals surface area contributed by atoms with Gasteiger partial charge in [0.15, 0.2) is 0 Å². The first-order chi connectivity index (χ1) is 7.29. The topological polar surface area (TPSA) is 48.6 Å². The van der Waals surface area contributed by atoms with Gasteiger partial charge in [-0.2, -0.15) is 12.6 Å². The lowest BCUT2D eigenvalue weighted by atomic mass is 10.2. The van der Waals surface area contributed by atoms with E-state index in [1.165, 1.54) is 0 Å². The summed E-state index contributed by atoms with van der Waals surface area (Å²) in [6, 6.07) is 5.59. The van der Waals surface area contributed by atoms with Gasteiger partial charge in [0, 0.05) is 17.7 Å². The van der Waals surface area contributed by atoms with E-state index in [1.54, 1.807) is 0 Å². The smallest absolute Gasteiger partial charge is 0.306 e. The number of thiol groups is 1. The summed E-state index contributed by atoms with van der Waals surface area (Å²) in [5, 5.41) is 0. The van der Waals surface area contributed by atoms with Gasteiger partial charge in [-0.3, -0.25) is 0 Å². The number of imidazole rings is 1. The summed E-state index contributed by atoms with van der Waals surface area (Å²) in [5.41, 5.74) is 2.31. The van der Waals surface area contributed by atoms with Crippen LogP contribution in [0.25, 0.3) is 11.0 Å². The molecule has 3 nitrogen and oxygen atoms in total. The van der Waals surface area contributed by atoms with E-state index in [2.05, 4.69) is 34.4 Å². The first kappa shape index (κ1) is 9.94. The summed E-state index contributed by atoms with van der Waals surface area (Å²) >= 11 is 4.07. The molecule has 0 unspecified atom stereocenters. The van der Waals surface area contributed by atoms with Gasteiger partial charge in [0.25, 0.3) is 0 Å². The Morgan fingerprint density at radius 1 is 1.27 bits per heavy atom. The lowest BCUT2D eigenvalue weighted by Crippen LogP contribution is -1.99. The van der Waals surface area contributed by atoms with Gasteiger partial charge in [0.05, 0.1) is 11.0 Å². The molecule has 0 saturated heterocycles. The molecule has 15 heavy (non-hydrogen) atoms. The van der Waals surface area contributed by atoms with E-state index in [-0.39, 0.29) is 5.69 Å². The summed E-state index contributed by atoms with van der Waals surface area (Å²) in [6.07, 6.45) is 0.769. The van der Waals surface area contributed by atoms with Gasteiger partial charge in [-0.15, -0.1) is 0 Å². The predicted octanol–water partition coefficient (Wildman–Crippen LogP) is 1.53. The lowest BCUT2D eigenvalue weighted by molar-refractivity contribution is 1.21. The fourth-order valence-electron chi connectivity index (χ4n) is 1.33. The molecule has 0 aliphatic heterocycles. The number of benzene rings is 1. The van der Waals surface area contributed by atoms with Crippen molar-refractivity contribution in [2.45, 2.75) is 6.42 Å². The molecule has 0 amide bonds. The molecule has 4 heteroatoms. The maximum absolute atomic E-state index is 11.0. The molecule has 0 atom stereocenters. The third-order valence-electron chi connectivity index (χ3n) is 1.99. The molecule has 1 heterocycles. The number of fused-ring (bicyclic) bond motifs is 1. The molecule has 0 aliphatic carbocycles. The van der Waals surface area contributed by atoms with Gasteiger partial charge in [-0.1, -0.05) is 11.8 Å². The summed E-state index contributed by atoms with van der Waals surface area (Å²) in [7, 11) is 0. The van der Waals surface area contributed by atoms with E-state index < -0.39 is 0 Å². The van der Waals surface area contributed by atoms with Crippen LogP contribution < -0.4 is 5.69 Å². The SMILES string of the molecule is O=c1[nH]c2ccc(C#CCCS)cc2[nH]1. The van der Waals surface area contributed by atoms with Gasteiger partial charge in [-0.25, -0.2) is 4.79 Å². The third kappa shape index (κ3) is 2.25. The van der Waals surface area contributed by atoms with Crippen LogP contribution in [0.2, 0.25) is 0 Å². The van der Waals surface area contributed by atoms with Crippen molar-refractivity contribution in [2.24, 2.45) is 0 Å². The maximum Gasteiger partial charge on any atom is 0.323 e. The van der Waals surface area contributed by atoms with Crippen LogP contribution in [0.3, 0.4) is 0 Å². The highest BCUT2D eigenvalue weighted by molar-refractivity contribution is 7.80. The fourth-order valence-corrected chi connectivity index (χ4v) is 1.44. The molecular formula is C11H10N2OS. The zero-order valence-corrected chi connectivity index (χ0v) is 8.90. The van der Waals surface area contributed by atoms with Gasteiger partial charge in [0.2, 0.25) is 0 Å². The molecule has 2 rings (SSSR count). The molecule has 1 aromatic heterocycles. The Labute approximate surface area is 92.3 Å². The average molecular weight is 218 g/mol. The minimum atomic E-state index is -0.189. The van der Waals surface area contributed by atoms with Crippen LogP contribution in [-0.2, 0) is 0 Å². The number of nitrogens with one attached hydrogen (secondary N) is 2. The highest BCUT2D eigenvalue weighted by atomic mass is 32.1. The van der Waals surface area contributed by atoms with E-state index in [0.717, 1.165) is 28.8 Å². The number of hydrogen-bond acceptors (Lipinski definition) is 2. The Hall–Kier alpha value is -1.60. The van der Waals surface area contributed by atoms with Crippen LogP contribution in [0.15, 0.2) is 23.0 Å². The molecule has 2 N–H and O–H groups in total. The van der Waals surface area contributed by atoms with Crippen molar-refractivity contribution < 1.29 is 0 Å². The van der Waals surface area contributed by atoms with Crippen molar-refractivity contribution in [1.29, 1.82) is 0 Å². The van der Waals surface area contributed by atoms with Crippen molar-refractivity contribution >= 4 is 23.7 Å². The Morgan fingerprint density at radius 2 is 2.07 bits per heavy atom. The number of aromatic nitrogens is 2. The van der Waals surface area contributed by atoms with Crippen molar-refractivity contribution in [3.05, 3.63) is 34.2 Å². The standard InChI is InChI=1S/C11H10N2OS/c14-11-12-9-5-4-8(3-1-2-6-15)7-10(9)13-11/h4-5,7,15H,2,6H2,(H2,12,13,14). The van der Waals surface area contributed by atoms with Crippen molar-refractivity contribution in [1.82, 2.24) is 9.97 Å². The van der Waals surface area contributed by atoms with Crippen LogP contribution in [-0.4, -0.2) is 15.7 Å². The Bertz CT molecular complexity index is 586. The van der Waals surface area contributed by atoms with Crippen LogP contribution in [0, 0.1) is 11.8 Å². The summed E-state index contributed by atoms with van der Waals surface area (Å²) in [5.74, 6) is 6.77. The average Bonchev–Trinajstić information content (AvgIpc) is 2.57. The molecule has 0 saturated carbocycles. The Morgan fingerprint density at radius 3 is 2.87 bits per heavy atom. The second kappa shape index (κ2) is 4.28. The van der Waals surface area contributed by atoms with Gasteiger partial charge in [-0.05, 0) is 18.2 Å². The van der Waals surface area contributed by atoms with E-state index in [9.17, 15) is 4.79 Å². The van der Waals surface area contributed by atoms with E-state index in [1.807, 2.05) is 18.2 Å². The van der Waals surface area contributed by atoms with Crippen molar-refractivity contribution in [2.75, 3.05) is 5.75 Å². The summed E-state index contributed by atoms with van der Waals surface area (Å²) in [4.78, 5) is 16.4. The van der Waals surface area contributed by atoms with Crippen LogP contribution in [0.1, 0.15) is 12.0 Å². The van der Waals surface area contributed by atoms with E-state index in [4.69, 9.17) is 0 Å². The second-order valence-electron chi connectivity index (χ2n) is 3.11. The number of H-pyrrole nitrogens is 2. The first-order valence-corrected chi connectivity index (χ1v) is 5.24. The second-order valence-corrected chi connectivity index (χ2v) is 3.56. The number of hydrogen-bond donors (Lipinski definition) is 3. The molecular weight excluding hydrogens is 208 g/mol. The number of aromatic amines is 2. The van der Waals surface area contributed by atoms with Crippen LogP contribution in [0.5, 0.6) is 0 Å². The normalized spacial score (nSPS) is 9.93. The Kier molecular flexibility index (Phi) is 2.84. The predicted molar refractivity (Wildman–Crippen MR) is 64.3 cm³/mol. The summed E-state index contributed by atoms with van der Waals surface area (Å²) in [6.45, 7) is 0. The minimum absolute atomic E-state index is 0.189. The molecule has 1 aromatic carbocycles. The van der Waals surface area contributed by atoms with Crippen LogP contribution >= 0.6 is 12.6 Å². The van der Waals surface area contributed by atoms with Gasteiger partial charge in [0.1, 0.15) is 0 Å². The summed E-state index contributed by atoms with van der Waals surface area (Å²) < 4.78 is 0.